The second kappa shape index (κ2) is 5.32. The molecule has 4 N–H and O–H groups in total. The molecule has 0 saturated carbocycles. The Hall–Kier alpha value is -0.610. The third-order valence-electron chi connectivity index (χ3n) is 2.92. The van der Waals surface area contributed by atoms with Crippen molar-refractivity contribution >= 4 is 5.91 Å². The molecule has 0 aromatic carbocycles. The molecule has 0 spiro atoms. The van der Waals surface area contributed by atoms with Gasteiger partial charge in [0.2, 0.25) is 5.91 Å². The highest BCUT2D eigenvalue weighted by molar-refractivity contribution is 5.73. The summed E-state index contributed by atoms with van der Waals surface area (Å²) in [5.41, 5.74) is 11.0. The van der Waals surface area contributed by atoms with E-state index in [1.54, 1.807) is 0 Å². The molecule has 0 radical (unpaired) electrons. The SMILES string of the molecule is CC(N)C1CCCCN1CCC(N)=O. The van der Waals surface area contributed by atoms with Gasteiger partial charge in [-0.3, -0.25) is 9.69 Å². The highest BCUT2D eigenvalue weighted by Gasteiger charge is 2.24. The highest BCUT2D eigenvalue weighted by Crippen LogP contribution is 2.18. The van der Waals surface area contributed by atoms with E-state index >= 15 is 0 Å². The largest absolute Gasteiger partial charge is 0.370 e. The number of likely N-dealkylation sites (tertiary alicyclic amines) is 1. The Balaban J connectivity index is 2.41. The fraction of sp³-hybridized carbons (Fsp3) is 0.900. The minimum absolute atomic E-state index is 0.183. The lowest BCUT2D eigenvalue weighted by molar-refractivity contribution is -0.118. The van der Waals surface area contributed by atoms with Crippen LogP contribution in [0.4, 0.5) is 0 Å². The molecule has 2 unspecified atom stereocenters. The van der Waals surface area contributed by atoms with Gasteiger partial charge in [-0.2, -0.15) is 0 Å². The lowest BCUT2D eigenvalue weighted by Crippen LogP contribution is -2.49. The number of hydrogen-bond acceptors (Lipinski definition) is 3. The third kappa shape index (κ3) is 3.27. The van der Waals surface area contributed by atoms with Crippen molar-refractivity contribution in [3.05, 3.63) is 0 Å². The smallest absolute Gasteiger partial charge is 0.218 e. The minimum atomic E-state index is -0.223. The molecule has 1 fully saturated rings. The Kier molecular flexibility index (Phi) is 4.35. The van der Waals surface area contributed by atoms with E-state index in [4.69, 9.17) is 11.5 Å². The summed E-state index contributed by atoms with van der Waals surface area (Å²) >= 11 is 0. The Labute approximate surface area is 85.6 Å². The third-order valence-corrected chi connectivity index (χ3v) is 2.92. The number of carbonyl (C=O) groups excluding carboxylic acids is 1. The topological polar surface area (TPSA) is 72.3 Å². The first-order chi connectivity index (χ1) is 6.61. The van der Waals surface area contributed by atoms with E-state index < -0.39 is 0 Å². The number of amides is 1. The summed E-state index contributed by atoms with van der Waals surface area (Å²) in [5.74, 6) is -0.223. The van der Waals surface area contributed by atoms with Gasteiger partial charge in [0.25, 0.3) is 0 Å². The molecule has 2 atom stereocenters. The van der Waals surface area contributed by atoms with Crippen LogP contribution in [0.5, 0.6) is 0 Å². The number of carbonyl (C=O) groups is 1. The minimum Gasteiger partial charge on any atom is -0.370 e. The Bertz CT molecular complexity index is 194. The highest BCUT2D eigenvalue weighted by atomic mass is 16.1. The quantitative estimate of drug-likeness (QED) is 0.672. The maximum atomic E-state index is 10.7. The maximum absolute atomic E-state index is 10.7. The molecular formula is C10H21N3O. The second-order valence-corrected chi connectivity index (χ2v) is 4.17. The van der Waals surface area contributed by atoms with Crippen LogP contribution in [-0.4, -0.2) is 36.0 Å². The molecule has 1 aliphatic rings. The zero-order chi connectivity index (χ0) is 10.6. The van der Waals surface area contributed by atoms with Crippen molar-refractivity contribution < 1.29 is 4.79 Å². The molecule has 0 aromatic rings. The average molecular weight is 199 g/mol. The lowest BCUT2D eigenvalue weighted by Gasteiger charge is -2.37. The summed E-state index contributed by atoms with van der Waals surface area (Å²) in [6.07, 6.45) is 4.06. The second-order valence-electron chi connectivity index (χ2n) is 4.17. The molecule has 1 heterocycles. The van der Waals surface area contributed by atoms with Gasteiger partial charge in [0.1, 0.15) is 0 Å². The molecular weight excluding hydrogens is 178 g/mol. The van der Waals surface area contributed by atoms with Crippen molar-refractivity contribution in [1.82, 2.24) is 4.90 Å². The van der Waals surface area contributed by atoms with Crippen LogP contribution in [0.25, 0.3) is 0 Å². The monoisotopic (exact) mass is 199 g/mol. The fourth-order valence-electron chi connectivity index (χ4n) is 2.14. The predicted molar refractivity (Wildman–Crippen MR) is 56.7 cm³/mol. The molecule has 1 aliphatic heterocycles. The molecule has 4 heteroatoms. The van der Waals surface area contributed by atoms with Gasteiger partial charge < -0.3 is 11.5 Å². The van der Waals surface area contributed by atoms with Crippen LogP contribution in [-0.2, 0) is 4.79 Å². The van der Waals surface area contributed by atoms with Crippen LogP contribution < -0.4 is 11.5 Å². The summed E-state index contributed by atoms with van der Waals surface area (Å²) in [6.45, 7) is 3.86. The first-order valence-corrected chi connectivity index (χ1v) is 5.39. The zero-order valence-electron chi connectivity index (χ0n) is 8.91. The summed E-state index contributed by atoms with van der Waals surface area (Å²) in [6, 6.07) is 0.617. The molecule has 0 aliphatic carbocycles. The van der Waals surface area contributed by atoms with Crippen LogP contribution >= 0.6 is 0 Å². The van der Waals surface area contributed by atoms with Gasteiger partial charge in [-0.1, -0.05) is 6.42 Å². The standard InChI is InChI=1S/C10H21N3O/c1-8(11)9-4-2-3-6-13(9)7-5-10(12)14/h8-9H,2-7,11H2,1H3,(H2,12,14). The Morgan fingerprint density at radius 3 is 2.86 bits per heavy atom. The van der Waals surface area contributed by atoms with E-state index in [2.05, 4.69) is 4.90 Å². The Morgan fingerprint density at radius 2 is 2.29 bits per heavy atom. The van der Waals surface area contributed by atoms with Gasteiger partial charge >= 0.3 is 0 Å². The van der Waals surface area contributed by atoms with Crippen molar-refractivity contribution in [3.63, 3.8) is 0 Å². The van der Waals surface area contributed by atoms with Crippen LogP contribution in [0.3, 0.4) is 0 Å². The van der Waals surface area contributed by atoms with Crippen LogP contribution in [0, 0.1) is 0 Å². The van der Waals surface area contributed by atoms with E-state index in [1.807, 2.05) is 6.92 Å². The molecule has 82 valence electrons. The van der Waals surface area contributed by atoms with E-state index in [-0.39, 0.29) is 11.9 Å². The van der Waals surface area contributed by atoms with Crippen LogP contribution in [0.2, 0.25) is 0 Å². The van der Waals surface area contributed by atoms with Crippen molar-refractivity contribution in [3.8, 4) is 0 Å². The summed E-state index contributed by atoms with van der Waals surface area (Å²) in [7, 11) is 0. The number of rotatable bonds is 4. The summed E-state index contributed by atoms with van der Waals surface area (Å²) in [5, 5.41) is 0. The van der Waals surface area contributed by atoms with E-state index in [0.717, 1.165) is 19.5 Å². The first-order valence-electron chi connectivity index (χ1n) is 5.39. The van der Waals surface area contributed by atoms with Gasteiger partial charge in [-0.15, -0.1) is 0 Å². The van der Waals surface area contributed by atoms with Crippen molar-refractivity contribution in [2.45, 2.75) is 44.7 Å². The van der Waals surface area contributed by atoms with E-state index in [0.29, 0.717) is 12.5 Å². The van der Waals surface area contributed by atoms with Crippen molar-refractivity contribution in [2.75, 3.05) is 13.1 Å². The Morgan fingerprint density at radius 1 is 1.57 bits per heavy atom. The summed E-state index contributed by atoms with van der Waals surface area (Å²) in [4.78, 5) is 13.0. The molecule has 1 rings (SSSR count). The van der Waals surface area contributed by atoms with Gasteiger partial charge in [0.15, 0.2) is 0 Å². The maximum Gasteiger partial charge on any atom is 0.218 e. The number of nitrogens with zero attached hydrogens (tertiary/aromatic N) is 1. The number of nitrogens with two attached hydrogens (primary N) is 2. The molecule has 0 aromatic heterocycles. The van der Waals surface area contributed by atoms with Crippen LogP contribution in [0.1, 0.15) is 32.6 Å². The van der Waals surface area contributed by atoms with Crippen LogP contribution in [0.15, 0.2) is 0 Å². The molecule has 1 amide bonds. The normalized spacial score (nSPS) is 26.0. The van der Waals surface area contributed by atoms with E-state index in [1.165, 1.54) is 12.8 Å². The summed E-state index contributed by atoms with van der Waals surface area (Å²) < 4.78 is 0. The van der Waals surface area contributed by atoms with Crippen molar-refractivity contribution in [1.29, 1.82) is 0 Å². The predicted octanol–water partition coefficient (Wildman–Crippen LogP) is 0.0635. The molecule has 14 heavy (non-hydrogen) atoms. The van der Waals surface area contributed by atoms with Crippen molar-refractivity contribution in [2.24, 2.45) is 11.5 Å². The average Bonchev–Trinajstić information content (AvgIpc) is 2.15. The lowest BCUT2D eigenvalue weighted by atomic mass is 9.97. The first kappa shape index (κ1) is 11.5. The number of primary amides is 1. The molecule has 1 saturated heterocycles. The number of hydrogen-bond donors (Lipinski definition) is 2. The van der Waals surface area contributed by atoms with Gasteiger partial charge in [0.05, 0.1) is 0 Å². The van der Waals surface area contributed by atoms with Gasteiger partial charge in [0, 0.05) is 25.0 Å². The molecule has 0 bridgehead atoms. The molecule has 4 nitrogen and oxygen atoms in total. The number of piperidine rings is 1. The van der Waals surface area contributed by atoms with Gasteiger partial charge in [-0.05, 0) is 26.3 Å². The zero-order valence-corrected chi connectivity index (χ0v) is 8.91. The van der Waals surface area contributed by atoms with Gasteiger partial charge in [-0.25, -0.2) is 0 Å². The fourth-order valence-corrected chi connectivity index (χ4v) is 2.14. The van der Waals surface area contributed by atoms with E-state index in [9.17, 15) is 4.79 Å².